The second-order valence-corrected chi connectivity index (χ2v) is 8.33. The SMILES string of the molecule is CCCCCCC=C[C@](C)(NNC(=O)OCC1c2ccccc2-c2ccccc21)C(=O)O. The van der Waals surface area contributed by atoms with Gasteiger partial charge in [0.25, 0.3) is 0 Å². The van der Waals surface area contributed by atoms with Crippen molar-refractivity contribution in [2.75, 3.05) is 6.61 Å². The highest BCUT2D eigenvalue weighted by molar-refractivity contribution is 5.81. The fourth-order valence-electron chi connectivity index (χ4n) is 3.99. The Labute approximate surface area is 189 Å². The van der Waals surface area contributed by atoms with Gasteiger partial charge in [0.1, 0.15) is 12.1 Å². The van der Waals surface area contributed by atoms with Crippen molar-refractivity contribution in [3.8, 4) is 11.1 Å². The molecular weight excluding hydrogens is 404 g/mol. The van der Waals surface area contributed by atoms with E-state index in [0.717, 1.165) is 47.9 Å². The van der Waals surface area contributed by atoms with Gasteiger partial charge in [-0.05, 0) is 42.0 Å². The summed E-state index contributed by atoms with van der Waals surface area (Å²) >= 11 is 0. The van der Waals surface area contributed by atoms with Gasteiger partial charge in [-0.25, -0.2) is 15.0 Å². The molecular formula is C26H32N2O4. The number of carboxylic acid groups (broad SMARTS) is 1. The van der Waals surface area contributed by atoms with Crippen LogP contribution in [0.5, 0.6) is 0 Å². The number of amides is 1. The van der Waals surface area contributed by atoms with Gasteiger partial charge in [-0.1, -0.05) is 86.9 Å². The molecule has 3 N–H and O–H groups in total. The molecule has 0 bridgehead atoms. The minimum atomic E-state index is -1.42. The molecule has 170 valence electrons. The average Bonchev–Trinajstić information content (AvgIpc) is 3.12. The number of allylic oxidation sites excluding steroid dienone is 1. The number of benzene rings is 2. The Morgan fingerprint density at radius 1 is 1.03 bits per heavy atom. The number of aliphatic carboxylic acids is 1. The molecule has 6 heteroatoms. The number of hydrogen-bond acceptors (Lipinski definition) is 4. The van der Waals surface area contributed by atoms with E-state index in [0.29, 0.717) is 0 Å². The largest absolute Gasteiger partial charge is 0.480 e. The number of carbonyl (C=O) groups is 2. The molecule has 0 saturated carbocycles. The van der Waals surface area contributed by atoms with Crippen LogP contribution in [-0.4, -0.2) is 29.3 Å². The third-order valence-electron chi connectivity index (χ3n) is 5.89. The monoisotopic (exact) mass is 436 g/mol. The van der Waals surface area contributed by atoms with Crippen LogP contribution in [0.1, 0.15) is 63.0 Å². The van der Waals surface area contributed by atoms with Gasteiger partial charge in [0.15, 0.2) is 0 Å². The predicted molar refractivity (Wildman–Crippen MR) is 125 cm³/mol. The van der Waals surface area contributed by atoms with Crippen LogP contribution in [0, 0.1) is 0 Å². The highest BCUT2D eigenvalue weighted by atomic mass is 16.6. The van der Waals surface area contributed by atoms with Crippen molar-refractivity contribution in [1.29, 1.82) is 0 Å². The molecule has 1 aliphatic rings. The lowest BCUT2D eigenvalue weighted by Gasteiger charge is -2.23. The van der Waals surface area contributed by atoms with Gasteiger partial charge in [0.05, 0.1) is 0 Å². The minimum Gasteiger partial charge on any atom is -0.480 e. The van der Waals surface area contributed by atoms with E-state index in [1.807, 2.05) is 42.5 Å². The van der Waals surface area contributed by atoms with E-state index in [4.69, 9.17) is 4.74 Å². The lowest BCUT2D eigenvalue weighted by molar-refractivity contribution is -0.142. The van der Waals surface area contributed by atoms with Crippen LogP contribution in [0.15, 0.2) is 60.7 Å². The Morgan fingerprint density at radius 2 is 1.66 bits per heavy atom. The topological polar surface area (TPSA) is 87.7 Å². The molecule has 1 atom stereocenters. The van der Waals surface area contributed by atoms with Gasteiger partial charge < -0.3 is 9.84 Å². The number of hydrogen-bond donors (Lipinski definition) is 3. The van der Waals surface area contributed by atoms with Crippen molar-refractivity contribution in [3.63, 3.8) is 0 Å². The van der Waals surface area contributed by atoms with Gasteiger partial charge in [-0.2, -0.15) is 0 Å². The molecule has 0 unspecified atom stereocenters. The lowest BCUT2D eigenvalue weighted by atomic mass is 9.98. The van der Waals surface area contributed by atoms with Gasteiger partial charge in [0, 0.05) is 5.92 Å². The van der Waals surface area contributed by atoms with E-state index in [1.54, 1.807) is 6.08 Å². The standard InChI is InChI=1S/C26H32N2O4/c1-3-4-5-6-7-12-17-26(2,24(29)30)28-27-25(31)32-18-23-21-15-10-8-13-19(21)20-14-9-11-16-22(20)23/h8-17,23,28H,3-7,18H2,1-2H3,(H,27,31)(H,29,30)/t26-/m0/s1. The molecule has 0 heterocycles. The maximum atomic E-state index is 12.3. The van der Waals surface area contributed by atoms with Crippen molar-refractivity contribution in [2.24, 2.45) is 0 Å². The summed E-state index contributed by atoms with van der Waals surface area (Å²) < 4.78 is 5.46. The second-order valence-electron chi connectivity index (χ2n) is 8.33. The van der Waals surface area contributed by atoms with E-state index in [-0.39, 0.29) is 12.5 Å². The van der Waals surface area contributed by atoms with Crippen LogP contribution in [-0.2, 0) is 9.53 Å². The molecule has 3 rings (SSSR count). The fraction of sp³-hybridized carbons (Fsp3) is 0.385. The zero-order valence-corrected chi connectivity index (χ0v) is 18.8. The highest BCUT2D eigenvalue weighted by Gasteiger charge is 2.32. The smallest absolute Gasteiger partial charge is 0.421 e. The zero-order valence-electron chi connectivity index (χ0n) is 18.8. The first-order valence-corrected chi connectivity index (χ1v) is 11.3. The summed E-state index contributed by atoms with van der Waals surface area (Å²) in [6.45, 7) is 3.82. The van der Waals surface area contributed by atoms with Gasteiger partial charge >= 0.3 is 12.1 Å². The number of rotatable bonds is 11. The molecule has 0 spiro atoms. The van der Waals surface area contributed by atoms with Gasteiger partial charge in [-0.3, -0.25) is 5.43 Å². The van der Waals surface area contributed by atoms with E-state index in [9.17, 15) is 14.7 Å². The number of carboxylic acids is 1. The van der Waals surface area contributed by atoms with Crippen LogP contribution >= 0.6 is 0 Å². The zero-order chi connectivity index (χ0) is 23.0. The summed E-state index contributed by atoms with van der Waals surface area (Å²) in [5.41, 5.74) is 8.12. The Kier molecular flexibility index (Phi) is 8.06. The molecule has 2 aromatic rings. The number of ether oxygens (including phenoxy) is 1. The number of hydrazine groups is 1. The average molecular weight is 437 g/mol. The third-order valence-corrected chi connectivity index (χ3v) is 5.89. The van der Waals surface area contributed by atoms with E-state index < -0.39 is 17.6 Å². The molecule has 1 aliphatic carbocycles. The molecule has 6 nitrogen and oxygen atoms in total. The Hall–Kier alpha value is -3.12. The van der Waals surface area contributed by atoms with Gasteiger partial charge in [-0.15, -0.1) is 0 Å². The minimum absolute atomic E-state index is 0.0537. The Balaban J connectivity index is 1.55. The number of fused-ring (bicyclic) bond motifs is 3. The summed E-state index contributed by atoms with van der Waals surface area (Å²) in [7, 11) is 0. The summed E-state index contributed by atoms with van der Waals surface area (Å²) in [6.07, 6.45) is 7.97. The molecule has 32 heavy (non-hydrogen) atoms. The van der Waals surface area contributed by atoms with Crippen LogP contribution in [0.25, 0.3) is 11.1 Å². The first kappa shape index (κ1) is 23.5. The van der Waals surface area contributed by atoms with E-state index in [1.165, 1.54) is 13.3 Å². The van der Waals surface area contributed by atoms with Crippen molar-refractivity contribution in [1.82, 2.24) is 10.9 Å². The maximum Gasteiger partial charge on any atom is 0.421 e. The fourth-order valence-corrected chi connectivity index (χ4v) is 3.99. The van der Waals surface area contributed by atoms with Crippen LogP contribution in [0.2, 0.25) is 0 Å². The molecule has 0 radical (unpaired) electrons. The van der Waals surface area contributed by atoms with Crippen molar-refractivity contribution in [2.45, 2.75) is 57.4 Å². The quantitative estimate of drug-likeness (QED) is 0.249. The van der Waals surface area contributed by atoms with Crippen LogP contribution in [0.3, 0.4) is 0 Å². The van der Waals surface area contributed by atoms with Crippen molar-refractivity contribution >= 4 is 12.1 Å². The van der Waals surface area contributed by atoms with Crippen molar-refractivity contribution < 1.29 is 19.4 Å². The molecule has 1 amide bonds. The number of carbonyl (C=O) groups excluding carboxylic acids is 1. The molecule has 0 saturated heterocycles. The van der Waals surface area contributed by atoms with Gasteiger partial charge in [0.2, 0.25) is 0 Å². The second kappa shape index (κ2) is 11.0. The molecule has 0 aromatic heterocycles. The Bertz CT molecular complexity index is 926. The summed E-state index contributed by atoms with van der Waals surface area (Å²) in [5, 5.41) is 9.60. The van der Waals surface area contributed by atoms with E-state index >= 15 is 0 Å². The van der Waals surface area contributed by atoms with Crippen LogP contribution < -0.4 is 10.9 Å². The predicted octanol–water partition coefficient (Wildman–Crippen LogP) is 5.40. The highest BCUT2D eigenvalue weighted by Crippen LogP contribution is 2.44. The summed E-state index contributed by atoms with van der Waals surface area (Å²) in [5.74, 6) is -1.14. The first-order valence-electron chi connectivity index (χ1n) is 11.3. The normalized spacial score (nSPS) is 14.6. The summed E-state index contributed by atoms with van der Waals surface area (Å²) in [6, 6.07) is 16.2. The first-order chi connectivity index (χ1) is 15.5. The Morgan fingerprint density at radius 3 is 2.25 bits per heavy atom. The van der Waals surface area contributed by atoms with Crippen molar-refractivity contribution in [3.05, 3.63) is 71.8 Å². The maximum absolute atomic E-state index is 12.3. The molecule has 0 fully saturated rings. The molecule has 0 aliphatic heterocycles. The lowest BCUT2D eigenvalue weighted by Crippen LogP contribution is -2.56. The van der Waals surface area contributed by atoms with E-state index in [2.05, 4.69) is 29.9 Å². The third kappa shape index (κ3) is 5.56. The molecule has 2 aromatic carbocycles. The number of unbranched alkanes of at least 4 members (excludes halogenated alkanes) is 4. The van der Waals surface area contributed by atoms with Crippen LogP contribution in [0.4, 0.5) is 4.79 Å². The number of nitrogens with one attached hydrogen (secondary N) is 2. The summed E-state index contributed by atoms with van der Waals surface area (Å²) in [4.78, 5) is 24.1.